The maximum Gasteiger partial charge on any atom is 0.343 e. The van der Waals surface area contributed by atoms with E-state index in [1.807, 2.05) is 30.3 Å². The third kappa shape index (κ3) is 6.23. The first-order valence-electron chi connectivity index (χ1n) is 13.6. The number of amides is 2. The molecule has 10 heteroatoms. The lowest BCUT2D eigenvalue weighted by atomic mass is 9.88. The van der Waals surface area contributed by atoms with Crippen molar-refractivity contribution in [3.05, 3.63) is 93.9 Å². The van der Waals surface area contributed by atoms with Gasteiger partial charge >= 0.3 is 23.8 Å². The van der Waals surface area contributed by atoms with Crippen LogP contribution in [0.2, 0.25) is 0 Å². The Hall–Kier alpha value is -4.83. The highest BCUT2D eigenvalue weighted by Gasteiger charge is 2.30. The molecule has 5 rings (SSSR count). The molecule has 4 aromatic rings. The zero-order valence-electron chi connectivity index (χ0n) is 23.1. The minimum Gasteiger partial charge on any atom is -0.462 e. The molecule has 1 heterocycles. The number of hydrogen-bond acceptors (Lipinski definition) is 8. The summed E-state index contributed by atoms with van der Waals surface area (Å²) in [7, 11) is 0. The third-order valence-electron chi connectivity index (χ3n) is 6.93. The van der Waals surface area contributed by atoms with Gasteiger partial charge in [0.2, 0.25) is 0 Å². The standard InChI is InChI=1S/C32H29N3O6S/c1-3-40-32(39)27-23-15-13-19(2)17-26(23)42-30(27)34-28(36)29(37)35-33-18-24-22-12-8-7-9-20(22)14-16-25(24)41-31(38)21-10-5-4-6-11-21/h4-12,14,16,18-19H,3,13,15,17H2,1-2H3,(H,34,36)(H,35,37). The summed E-state index contributed by atoms with van der Waals surface area (Å²) in [4.78, 5) is 52.0. The van der Waals surface area contributed by atoms with Gasteiger partial charge in [-0.25, -0.2) is 15.0 Å². The Labute approximate surface area is 246 Å². The number of hydrogen-bond donors (Lipinski definition) is 2. The Morgan fingerprint density at radius 1 is 0.976 bits per heavy atom. The molecular formula is C32H29N3O6S. The minimum atomic E-state index is -1.02. The summed E-state index contributed by atoms with van der Waals surface area (Å²) >= 11 is 1.29. The maximum absolute atomic E-state index is 12.8. The largest absolute Gasteiger partial charge is 0.462 e. The van der Waals surface area contributed by atoms with Gasteiger partial charge < -0.3 is 14.8 Å². The molecule has 0 aliphatic heterocycles. The molecule has 9 nitrogen and oxygen atoms in total. The summed E-state index contributed by atoms with van der Waals surface area (Å²) in [6, 6.07) is 19.5. The molecule has 0 spiro atoms. The van der Waals surface area contributed by atoms with Crippen LogP contribution in [0.3, 0.4) is 0 Å². The lowest BCUT2D eigenvalue weighted by Gasteiger charge is -2.18. The van der Waals surface area contributed by atoms with Crippen LogP contribution < -0.4 is 15.5 Å². The smallest absolute Gasteiger partial charge is 0.343 e. The minimum absolute atomic E-state index is 0.194. The van der Waals surface area contributed by atoms with Gasteiger partial charge in [0.15, 0.2) is 0 Å². The van der Waals surface area contributed by atoms with E-state index >= 15 is 0 Å². The molecule has 2 amide bonds. The molecule has 1 atom stereocenters. The van der Waals surface area contributed by atoms with E-state index in [-0.39, 0.29) is 12.4 Å². The molecule has 1 aliphatic carbocycles. The van der Waals surface area contributed by atoms with Gasteiger partial charge in [-0.2, -0.15) is 5.10 Å². The topological polar surface area (TPSA) is 123 Å². The van der Waals surface area contributed by atoms with Gasteiger partial charge in [-0.15, -0.1) is 11.3 Å². The molecule has 0 saturated heterocycles. The fourth-order valence-corrected chi connectivity index (χ4v) is 6.25. The Kier molecular flexibility index (Phi) is 8.73. The van der Waals surface area contributed by atoms with Gasteiger partial charge in [0, 0.05) is 10.4 Å². The maximum atomic E-state index is 12.8. The van der Waals surface area contributed by atoms with E-state index in [9.17, 15) is 19.2 Å². The normalized spacial score (nSPS) is 14.3. The molecule has 214 valence electrons. The molecule has 1 aliphatic rings. The monoisotopic (exact) mass is 583 g/mol. The molecule has 0 radical (unpaired) electrons. The first-order valence-corrected chi connectivity index (χ1v) is 14.4. The molecule has 2 N–H and O–H groups in total. The summed E-state index contributed by atoms with van der Waals surface area (Å²) in [6.45, 7) is 4.05. The van der Waals surface area contributed by atoms with E-state index in [1.165, 1.54) is 17.6 Å². The number of benzene rings is 3. The van der Waals surface area contributed by atoms with Crippen LogP contribution >= 0.6 is 11.3 Å². The van der Waals surface area contributed by atoms with E-state index in [4.69, 9.17) is 9.47 Å². The molecule has 42 heavy (non-hydrogen) atoms. The number of rotatable bonds is 7. The van der Waals surface area contributed by atoms with Crippen LogP contribution in [0, 0.1) is 5.92 Å². The summed E-state index contributed by atoms with van der Waals surface area (Å²) in [6.07, 6.45) is 3.75. The zero-order valence-corrected chi connectivity index (χ0v) is 24.0. The number of thiophene rings is 1. The van der Waals surface area contributed by atoms with Gasteiger partial charge in [0.05, 0.1) is 23.9 Å². The van der Waals surface area contributed by atoms with Crippen molar-refractivity contribution in [3.63, 3.8) is 0 Å². The summed E-state index contributed by atoms with van der Waals surface area (Å²) in [5.41, 5.74) is 4.25. The van der Waals surface area contributed by atoms with Crippen LogP contribution in [0.1, 0.15) is 57.0 Å². The quantitative estimate of drug-likeness (QED) is 0.0972. The molecule has 1 unspecified atom stereocenters. The highest BCUT2D eigenvalue weighted by atomic mass is 32.1. The second-order valence-electron chi connectivity index (χ2n) is 9.88. The fourth-order valence-electron chi connectivity index (χ4n) is 4.85. The Balaban J connectivity index is 1.34. The second-order valence-corrected chi connectivity index (χ2v) is 11.0. The van der Waals surface area contributed by atoms with E-state index in [0.29, 0.717) is 34.0 Å². The van der Waals surface area contributed by atoms with Gasteiger partial charge in [0.1, 0.15) is 10.8 Å². The second kappa shape index (κ2) is 12.8. The number of carbonyl (C=O) groups excluding carboxylic acids is 4. The van der Waals surface area contributed by atoms with E-state index in [2.05, 4.69) is 22.8 Å². The summed E-state index contributed by atoms with van der Waals surface area (Å²) in [5.74, 6) is -2.37. The first-order chi connectivity index (χ1) is 20.4. The van der Waals surface area contributed by atoms with Crippen molar-refractivity contribution in [1.29, 1.82) is 0 Å². The lowest BCUT2D eigenvalue weighted by molar-refractivity contribution is -0.136. The molecule has 0 saturated carbocycles. The van der Waals surface area contributed by atoms with Crippen LogP contribution in [0.4, 0.5) is 5.00 Å². The highest BCUT2D eigenvalue weighted by Crippen LogP contribution is 2.40. The third-order valence-corrected chi connectivity index (χ3v) is 8.10. The number of fused-ring (bicyclic) bond motifs is 2. The SMILES string of the molecule is CCOC(=O)c1c(NC(=O)C(=O)NN=Cc2c(OC(=O)c3ccccc3)ccc3ccccc23)sc2c1CCC(C)C2. The molecule has 1 aromatic heterocycles. The van der Waals surface area contributed by atoms with E-state index in [1.54, 1.807) is 43.3 Å². The molecule has 0 bridgehead atoms. The van der Waals surface area contributed by atoms with Gasteiger partial charge in [0.25, 0.3) is 0 Å². The van der Waals surface area contributed by atoms with Gasteiger partial charge in [-0.05, 0) is 66.6 Å². The average Bonchev–Trinajstić information content (AvgIpc) is 3.35. The number of nitrogens with zero attached hydrogens (tertiary/aromatic N) is 1. The number of hydrazone groups is 1. The highest BCUT2D eigenvalue weighted by molar-refractivity contribution is 7.17. The van der Waals surface area contributed by atoms with Gasteiger partial charge in [-0.3, -0.25) is 9.59 Å². The Morgan fingerprint density at radius 3 is 2.52 bits per heavy atom. The number of carbonyl (C=O) groups is 4. The van der Waals surface area contributed by atoms with Crippen molar-refractivity contribution in [3.8, 4) is 5.75 Å². The summed E-state index contributed by atoms with van der Waals surface area (Å²) in [5, 5.41) is 8.46. The summed E-state index contributed by atoms with van der Waals surface area (Å²) < 4.78 is 10.9. The fraction of sp³-hybridized carbons (Fsp3) is 0.219. The van der Waals surface area contributed by atoms with Crippen molar-refractivity contribution in [2.75, 3.05) is 11.9 Å². The molecule has 3 aromatic carbocycles. The van der Waals surface area contributed by atoms with Crippen molar-refractivity contribution in [1.82, 2.24) is 5.43 Å². The van der Waals surface area contributed by atoms with Gasteiger partial charge in [-0.1, -0.05) is 55.5 Å². The Morgan fingerprint density at radius 2 is 1.74 bits per heavy atom. The number of esters is 2. The number of ether oxygens (including phenoxy) is 2. The zero-order chi connectivity index (χ0) is 29.6. The van der Waals surface area contributed by atoms with Crippen molar-refractivity contribution in [2.24, 2.45) is 11.0 Å². The molecule has 0 fully saturated rings. The van der Waals surface area contributed by atoms with Crippen LogP contribution in [-0.2, 0) is 27.2 Å². The predicted octanol–water partition coefficient (Wildman–Crippen LogP) is 5.51. The average molecular weight is 584 g/mol. The Bertz CT molecular complexity index is 1700. The first kappa shape index (κ1) is 28.7. The van der Waals surface area contributed by atoms with Crippen molar-refractivity contribution >= 4 is 57.1 Å². The van der Waals surface area contributed by atoms with E-state index in [0.717, 1.165) is 34.1 Å². The molecular weight excluding hydrogens is 554 g/mol. The van der Waals surface area contributed by atoms with Crippen molar-refractivity contribution in [2.45, 2.75) is 33.1 Å². The lowest BCUT2D eigenvalue weighted by Crippen LogP contribution is -2.32. The number of nitrogens with one attached hydrogen (secondary N) is 2. The van der Waals surface area contributed by atoms with Crippen LogP contribution in [0.5, 0.6) is 5.75 Å². The van der Waals surface area contributed by atoms with E-state index < -0.39 is 23.8 Å². The van der Waals surface area contributed by atoms with Crippen LogP contribution in [0.15, 0.2) is 71.8 Å². The number of anilines is 1. The van der Waals surface area contributed by atoms with Crippen LogP contribution in [0.25, 0.3) is 10.8 Å². The predicted molar refractivity (Wildman–Crippen MR) is 161 cm³/mol. The van der Waals surface area contributed by atoms with Crippen LogP contribution in [-0.4, -0.2) is 36.6 Å². The van der Waals surface area contributed by atoms with Crippen molar-refractivity contribution < 1.29 is 28.7 Å².